The second kappa shape index (κ2) is 6.11. The molecule has 0 unspecified atom stereocenters. The number of rotatable bonds is 4. The average molecular weight is 306 g/mol. The number of amides is 1. The van der Waals surface area contributed by atoms with Crippen LogP contribution in [0.15, 0.2) is 22.7 Å². The molecule has 0 radical (unpaired) electrons. The van der Waals surface area contributed by atoms with Crippen LogP contribution in [0.1, 0.15) is 13.8 Å². The summed E-state index contributed by atoms with van der Waals surface area (Å²) in [5, 5.41) is 6.43. The summed E-state index contributed by atoms with van der Waals surface area (Å²) < 4.78 is 0.772. The van der Waals surface area contributed by atoms with E-state index >= 15 is 0 Å². The molecule has 0 atom stereocenters. The lowest BCUT2D eigenvalue weighted by atomic mass is 10.3. The van der Waals surface area contributed by atoms with Gasteiger partial charge in [-0.2, -0.15) is 0 Å². The molecular weight excluding hydrogens is 291 g/mol. The maximum absolute atomic E-state index is 11.4. The smallest absolute Gasteiger partial charge is 0.239 e. The van der Waals surface area contributed by atoms with Gasteiger partial charge in [-0.15, -0.1) is 0 Å². The molecule has 16 heavy (non-hydrogen) atoms. The summed E-state index contributed by atoms with van der Waals surface area (Å²) in [5.41, 5.74) is 0.811. The Balaban J connectivity index is 2.55. The van der Waals surface area contributed by atoms with Gasteiger partial charge in [0.25, 0.3) is 0 Å². The monoisotopic (exact) mass is 304 g/mol. The number of halogens is 2. The minimum absolute atomic E-state index is 0.0399. The molecule has 0 aliphatic carbocycles. The van der Waals surface area contributed by atoms with Gasteiger partial charge in [0.2, 0.25) is 5.91 Å². The van der Waals surface area contributed by atoms with Gasteiger partial charge in [0.15, 0.2) is 0 Å². The van der Waals surface area contributed by atoms with Crippen LogP contribution < -0.4 is 10.6 Å². The lowest BCUT2D eigenvalue weighted by Gasteiger charge is -2.11. The van der Waals surface area contributed by atoms with Crippen LogP contribution in [-0.4, -0.2) is 18.5 Å². The highest BCUT2D eigenvalue weighted by Gasteiger charge is 2.06. The molecule has 0 aliphatic rings. The molecule has 88 valence electrons. The van der Waals surface area contributed by atoms with Crippen LogP contribution in [0.2, 0.25) is 5.02 Å². The summed E-state index contributed by atoms with van der Waals surface area (Å²) in [6, 6.07) is 5.62. The molecule has 1 aromatic carbocycles. The van der Waals surface area contributed by atoms with Crippen molar-refractivity contribution < 1.29 is 4.79 Å². The highest BCUT2D eigenvalue weighted by atomic mass is 79.9. The predicted molar refractivity (Wildman–Crippen MR) is 70.9 cm³/mol. The number of hydrogen-bond acceptors (Lipinski definition) is 2. The summed E-state index contributed by atoms with van der Waals surface area (Å²) in [6.45, 7) is 4.08. The number of benzene rings is 1. The van der Waals surface area contributed by atoms with E-state index in [0.717, 1.165) is 10.2 Å². The lowest BCUT2D eigenvalue weighted by molar-refractivity contribution is -0.119. The summed E-state index contributed by atoms with van der Waals surface area (Å²) in [7, 11) is 0. The number of anilines is 1. The maximum atomic E-state index is 11.4. The summed E-state index contributed by atoms with van der Waals surface area (Å²) in [4.78, 5) is 11.4. The second-order valence-corrected chi connectivity index (χ2v) is 4.88. The fraction of sp³-hybridized carbons (Fsp3) is 0.364. The zero-order valence-corrected chi connectivity index (χ0v) is 11.5. The molecule has 1 aromatic rings. The number of carbonyl (C=O) groups is 1. The first-order chi connectivity index (χ1) is 7.50. The van der Waals surface area contributed by atoms with Crippen LogP contribution in [0, 0.1) is 0 Å². The topological polar surface area (TPSA) is 41.1 Å². The molecule has 2 N–H and O–H groups in total. The highest BCUT2D eigenvalue weighted by Crippen LogP contribution is 2.29. The Hall–Kier alpha value is -0.740. The van der Waals surface area contributed by atoms with Crippen molar-refractivity contribution in [3.63, 3.8) is 0 Å². The Morgan fingerprint density at radius 1 is 1.50 bits per heavy atom. The van der Waals surface area contributed by atoms with Gasteiger partial charge in [0.1, 0.15) is 0 Å². The normalized spacial score (nSPS) is 10.3. The van der Waals surface area contributed by atoms with E-state index in [2.05, 4.69) is 26.6 Å². The van der Waals surface area contributed by atoms with Gasteiger partial charge >= 0.3 is 0 Å². The van der Waals surface area contributed by atoms with Crippen LogP contribution in [0.5, 0.6) is 0 Å². The number of nitrogens with one attached hydrogen (secondary N) is 2. The van der Waals surface area contributed by atoms with Crippen LogP contribution in [0.4, 0.5) is 5.69 Å². The molecule has 1 rings (SSSR count). The molecule has 0 bridgehead atoms. The van der Waals surface area contributed by atoms with E-state index in [1.165, 1.54) is 0 Å². The first-order valence-electron chi connectivity index (χ1n) is 4.98. The fourth-order valence-electron chi connectivity index (χ4n) is 1.19. The van der Waals surface area contributed by atoms with Crippen molar-refractivity contribution in [3.05, 3.63) is 27.7 Å². The van der Waals surface area contributed by atoms with Crippen LogP contribution in [-0.2, 0) is 4.79 Å². The van der Waals surface area contributed by atoms with Gasteiger partial charge in [-0.1, -0.05) is 17.7 Å². The molecule has 0 spiro atoms. The number of hydrogen-bond donors (Lipinski definition) is 2. The van der Waals surface area contributed by atoms with Crippen molar-refractivity contribution >= 4 is 39.1 Å². The van der Waals surface area contributed by atoms with Crippen molar-refractivity contribution in [1.29, 1.82) is 0 Å². The Labute approximate surface area is 109 Å². The quantitative estimate of drug-likeness (QED) is 0.898. The van der Waals surface area contributed by atoms with Crippen LogP contribution in [0.25, 0.3) is 0 Å². The zero-order valence-electron chi connectivity index (χ0n) is 9.18. The van der Waals surface area contributed by atoms with Gasteiger partial charge in [0.05, 0.1) is 21.7 Å². The highest BCUT2D eigenvalue weighted by molar-refractivity contribution is 9.10. The lowest BCUT2D eigenvalue weighted by Crippen LogP contribution is -2.34. The SMILES string of the molecule is CC(C)NC(=O)CNc1cccc(Cl)c1Br. The average Bonchev–Trinajstić information content (AvgIpc) is 2.19. The second-order valence-electron chi connectivity index (χ2n) is 3.68. The Morgan fingerprint density at radius 2 is 2.19 bits per heavy atom. The molecule has 0 fully saturated rings. The summed E-state index contributed by atoms with van der Waals surface area (Å²) in [6.07, 6.45) is 0. The molecule has 0 saturated heterocycles. The molecule has 0 saturated carbocycles. The molecule has 0 heterocycles. The Morgan fingerprint density at radius 3 is 2.81 bits per heavy atom. The van der Waals surface area contributed by atoms with E-state index in [4.69, 9.17) is 11.6 Å². The van der Waals surface area contributed by atoms with Crippen molar-refractivity contribution in [3.8, 4) is 0 Å². The molecule has 0 aromatic heterocycles. The van der Waals surface area contributed by atoms with Crippen molar-refractivity contribution in [2.75, 3.05) is 11.9 Å². The Bertz CT molecular complexity index is 382. The number of carbonyl (C=O) groups excluding carboxylic acids is 1. The van der Waals surface area contributed by atoms with Gasteiger partial charge in [-0.05, 0) is 41.9 Å². The van der Waals surface area contributed by atoms with Gasteiger partial charge < -0.3 is 10.6 Å². The minimum atomic E-state index is -0.0399. The third-order valence-electron chi connectivity index (χ3n) is 1.84. The van der Waals surface area contributed by atoms with Crippen molar-refractivity contribution in [1.82, 2.24) is 5.32 Å². The first kappa shape index (κ1) is 13.3. The van der Waals surface area contributed by atoms with Gasteiger partial charge in [0, 0.05) is 6.04 Å². The van der Waals surface area contributed by atoms with E-state index < -0.39 is 0 Å². The van der Waals surface area contributed by atoms with E-state index in [0.29, 0.717) is 5.02 Å². The van der Waals surface area contributed by atoms with E-state index in [1.54, 1.807) is 6.07 Å². The zero-order chi connectivity index (χ0) is 12.1. The van der Waals surface area contributed by atoms with E-state index in [1.807, 2.05) is 26.0 Å². The van der Waals surface area contributed by atoms with E-state index in [-0.39, 0.29) is 18.5 Å². The van der Waals surface area contributed by atoms with Gasteiger partial charge in [-0.25, -0.2) is 0 Å². The summed E-state index contributed by atoms with van der Waals surface area (Å²) in [5.74, 6) is -0.0399. The van der Waals surface area contributed by atoms with Crippen LogP contribution >= 0.6 is 27.5 Å². The molecule has 3 nitrogen and oxygen atoms in total. The van der Waals surface area contributed by atoms with Gasteiger partial charge in [-0.3, -0.25) is 4.79 Å². The molecule has 0 aliphatic heterocycles. The Kier molecular flexibility index (Phi) is 5.09. The van der Waals surface area contributed by atoms with Crippen molar-refractivity contribution in [2.45, 2.75) is 19.9 Å². The minimum Gasteiger partial charge on any atom is -0.375 e. The van der Waals surface area contributed by atoms with Crippen LogP contribution in [0.3, 0.4) is 0 Å². The fourth-order valence-corrected chi connectivity index (χ4v) is 1.77. The van der Waals surface area contributed by atoms with Crippen molar-refractivity contribution in [2.24, 2.45) is 0 Å². The largest absolute Gasteiger partial charge is 0.375 e. The molecule has 5 heteroatoms. The third-order valence-corrected chi connectivity index (χ3v) is 3.24. The molecular formula is C11H14BrClN2O. The maximum Gasteiger partial charge on any atom is 0.239 e. The summed E-state index contributed by atoms with van der Waals surface area (Å²) >= 11 is 9.28. The van der Waals surface area contributed by atoms with E-state index in [9.17, 15) is 4.79 Å². The first-order valence-corrected chi connectivity index (χ1v) is 6.15. The third kappa shape index (κ3) is 4.02. The standard InChI is InChI=1S/C11H14BrClN2O/c1-7(2)15-10(16)6-14-9-5-3-4-8(13)11(9)12/h3-5,7,14H,6H2,1-2H3,(H,15,16). The predicted octanol–water partition coefficient (Wildman–Crippen LogP) is 3.04. The molecule has 1 amide bonds.